The molecule has 1 saturated heterocycles. The van der Waals surface area contributed by atoms with Gasteiger partial charge in [-0.3, -0.25) is 19.0 Å². The molecule has 1 aliphatic rings. The number of aromatic nitrogens is 4. The Balaban J connectivity index is 1.48. The maximum absolute atomic E-state index is 13.1. The largest absolute Gasteiger partial charge is 0.469 e. The molecule has 1 fully saturated rings. The molecule has 1 amide bonds. The van der Waals surface area contributed by atoms with Crippen molar-refractivity contribution in [2.45, 2.75) is 39.7 Å². The zero-order chi connectivity index (χ0) is 22.8. The Morgan fingerprint density at radius 3 is 2.47 bits per heavy atom. The number of amides is 1. The smallest absolute Gasteiger partial charge is 0.308 e. The molecule has 0 atom stereocenters. The summed E-state index contributed by atoms with van der Waals surface area (Å²) in [6.07, 6.45) is 2.93. The van der Waals surface area contributed by atoms with Crippen LogP contribution in [0.25, 0.3) is 16.7 Å². The molecule has 1 aromatic carbocycles. The molecular formula is C23H27N5O4. The van der Waals surface area contributed by atoms with Crippen molar-refractivity contribution in [3.05, 3.63) is 52.2 Å². The molecule has 168 valence electrons. The summed E-state index contributed by atoms with van der Waals surface area (Å²) < 4.78 is 7.98. The summed E-state index contributed by atoms with van der Waals surface area (Å²) in [6.45, 7) is 5.06. The van der Waals surface area contributed by atoms with E-state index in [2.05, 4.69) is 10.1 Å². The third-order valence-electron chi connectivity index (χ3n) is 6.09. The summed E-state index contributed by atoms with van der Waals surface area (Å²) in [5.41, 5.74) is 2.27. The number of carbonyl (C=O) groups is 2. The summed E-state index contributed by atoms with van der Waals surface area (Å²) in [4.78, 5) is 43.8. The van der Waals surface area contributed by atoms with Gasteiger partial charge < -0.3 is 9.64 Å². The minimum atomic E-state index is -0.218. The first-order chi connectivity index (χ1) is 15.4. The van der Waals surface area contributed by atoms with Crippen LogP contribution in [0.15, 0.2) is 35.3 Å². The van der Waals surface area contributed by atoms with Gasteiger partial charge in [0.2, 0.25) is 5.91 Å². The van der Waals surface area contributed by atoms with Gasteiger partial charge in [0.15, 0.2) is 5.65 Å². The van der Waals surface area contributed by atoms with Gasteiger partial charge in [-0.2, -0.15) is 5.10 Å². The first-order valence-corrected chi connectivity index (χ1v) is 10.8. The fourth-order valence-corrected chi connectivity index (χ4v) is 4.14. The molecule has 0 unspecified atom stereocenters. The molecule has 0 saturated carbocycles. The lowest BCUT2D eigenvalue weighted by molar-refractivity contribution is -0.148. The van der Waals surface area contributed by atoms with Crippen LogP contribution in [-0.4, -0.2) is 56.3 Å². The molecule has 9 heteroatoms. The van der Waals surface area contributed by atoms with Crippen molar-refractivity contribution < 1.29 is 14.3 Å². The molecule has 0 radical (unpaired) electrons. The van der Waals surface area contributed by atoms with Gasteiger partial charge in [-0.25, -0.2) is 9.67 Å². The first kappa shape index (κ1) is 21.7. The molecule has 2 aromatic heterocycles. The van der Waals surface area contributed by atoms with Crippen molar-refractivity contribution in [3.63, 3.8) is 0 Å². The Bertz CT molecular complexity index is 1200. The number of fused-ring (bicyclic) bond motifs is 1. The van der Waals surface area contributed by atoms with Crippen LogP contribution in [0.4, 0.5) is 0 Å². The average Bonchev–Trinajstić information content (AvgIpc) is 3.22. The number of nitrogens with zero attached hydrogens (tertiary/aromatic N) is 5. The number of esters is 1. The molecule has 9 nitrogen and oxygen atoms in total. The maximum Gasteiger partial charge on any atom is 0.308 e. The molecular weight excluding hydrogens is 410 g/mol. The average molecular weight is 438 g/mol. The summed E-state index contributed by atoms with van der Waals surface area (Å²) in [7, 11) is 1.38. The van der Waals surface area contributed by atoms with Gasteiger partial charge in [0, 0.05) is 26.1 Å². The topological polar surface area (TPSA) is 99.3 Å². The van der Waals surface area contributed by atoms with Crippen LogP contribution < -0.4 is 5.56 Å². The zero-order valence-corrected chi connectivity index (χ0v) is 18.6. The lowest BCUT2D eigenvalue weighted by atomic mass is 9.97. The predicted molar refractivity (Wildman–Crippen MR) is 119 cm³/mol. The van der Waals surface area contributed by atoms with Gasteiger partial charge >= 0.3 is 5.97 Å². The highest BCUT2D eigenvalue weighted by Gasteiger charge is 2.27. The summed E-state index contributed by atoms with van der Waals surface area (Å²) in [5, 5.41) is 4.78. The van der Waals surface area contributed by atoms with Gasteiger partial charge in [-0.1, -0.05) is 17.7 Å². The Kier molecular flexibility index (Phi) is 6.07. The van der Waals surface area contributed by atoms with Crippen LogP contribution >= 0.6 is 0 Å². The van der Waals surface area contributed by atoms with Crippen molar-refractivity contribution in [2.75, 3.05) is 20.2 Å². The van der Waals surface area contributed by atoms with Gasteiger partial charge in [-0.05, 0) is 38.8 Å². The Hall–Kier alpha value is -3.49. The third-order valence-corrected chi connectivity index (χ3v) is 6.09. The molecule has 3 aromatic rings. The normalized spacial score (nSPS) is 14.7. The molecule has 4 rings (SSSR count). The number of methoxy groups -OCH3 is 1. The highest BCUT2D eigenvalue weighted by molar-refractivity contribution is 5.78. The number of benzene rings is 1. The zero-order valence-electron chi connectivity index (χ0n) is 18.6. The maximum atomic E-state index is 13.1. The van der Waals surface area contributed by atoms with E-state index >= 15 is 0 Å². The van der Waals surface area contributed by atoms with Crippen molar-refractivity contribution in [2.24, 2.45) is 5.92 Å². The summed E-state index contributed by atoms with van der Waals surface area (Å²) in [5.74, 6) is 0.138. The Morgan fingerprint density at radius 1 is 1.12 bits per heavy atom. The Morgan fingerprint density at radius 2 is 1.81 bits per heavy atom. The minimum absolute atomic E-state index is 0.0323. The van der Waals surface area contributed by atoms with Gasteiger partial charge in [0.05, 0.1) is 24.9 Å². The van der Waals surface area contributed by atoms with E-state index in [9.17, 15) is 14.4 Å². The van der Waals surface area contributed by atoms with Crippen LogP contribution in [0.1, 0.15) is 30.7 Å². The molecule has 0 N–H and O–H groups in total. The van der Waals surface area contributed by atoms with Crippen LogP contribution in [0, 0.1) is 19.8 Å². The predicted octanol–water partition coefficient (Wildman–Crippen LogP) is 2.00. The third kappa shape index (κ3) is 4.15. The number of rotatable bonds is 5. The first-order valence-electron chi connectivity index (χ1n) is 10.8. The second kappa shape index (κ2) is 8.94. The van der Waals surface area contributed by atoms with E-state index in [4.69, 9.17) is 4.74 Å². The molecule has 32 heavy (non-hydrogen) atoms. The molecule has 0 bridgehead atoms. The monoisotopic (exact) mass is 437 g/mol. The van der Waals surface area contributed by atoms with E-state index in [1.807, 2.05) is 31.2 Å². The highest BCUT2D eigenvalue weighted by atomic mass is 16.5. The van der Waals surface area contributed by atoms with Crippen molar-refractivity contribution in [1.29, 1.82) is 0 Å². The molecule has 3 heterocycles. The lowest BCUT2D eigenvalue weighted by Crippen LogP contribution is -2.41. The number of piperidine rings is 1. The fourth-order valence-electron chi connectivity index (χ4n) is 4.14. The summed E-state index contributed by atoms with van der Waals surface area (Å²) in [6, 6.07) is 7.84. The fraction of sp³-hybridized carbons (Fsp3) is 0.435. The van der Waals surface area contributed by atoms with Gasteiger partial charge in [0.25, 0.3) is 5.56 Å². The standard InChI is InChI=1S/C23H27N5O4/c1-15-4-6-18(7-5-15)28-21-19(14-24-28)22(30)27(16(2)25-21)13-10-20(29)26-11-8-17(9-12-26)23(31)32-3/h4-7,14,17H,8-13H2,1-3H3. The Labute approximate surface area is 185 Å². The number of ether oxygens (including phenoxy) is 1. The SMILES string of the molecule is COC(=O)C1CCN(C(=O)CCn2c(C)nc3c(cnn3-c3ccc(C)cc3)c2=O)CC1. The van der Waals surface area contributed by atoms with Gasteiger partial charge in [0.1, 0.15) is 11.2 Å². The number of hydrogen-bond acceptors (Lipinski definition) is 6. The number of aryl methyl sites for hydroxylation is 2. The van der Waals surface area contributed by atoms with Crippen LogP contribution in [-0.2, 0) is 20.9 Å². The quantitative estimate of drug-likeness (QED) is 0.566. The second-order valence-corrected chi connectivity index (χ2v) is 8.17. The van der Waals surface area contributed by atoms with Crippen LogP contribution in [0.5, 0.6) is 0 Å². The number of carbonyl (C=O) groups excluding carboxylic acids is 2. The van der Waals surface area contributed by atoms with Crippen molar-refractivity contribution >= 4 is 22.9 Å². The van der Waals surface area contributed by atoms with E-state index in [-0.39, 0.29) is 36.3 Å². The van der Waals surface area contributed by atoms with Crippen LogP contribution in [0.3, 0.4) is 0 Å². The van der Waals surface area contributed by atoms with E-state index in [0.29, 0.717) is 42.8 Å². The summed E-state index contributed by atoms with van der Waals surface area (Å²) >= 11 is 0. The molecule has 0 aliphatic carbocycles. The number of likely N-dealkylation sites (tertiary alicyclic amines) is 1. The van der Waals surface area contributed by atoms with Crippen molar-refractivity contribution in [1.82, 2.24) is 24.2 Å². The lowest BCUT2D eigenvalue weighted by Gasteiger charge is -2.30. The van der Waals surface area contributed by atoms with E-state index < -0.39 is 0 Å². The van der Waals surface area contributed by atoms with E-state index in [0.717, 1.165) is 11.3 Å². The van der Waals surface area contributed by atoms with Crippen LogP contribution in [0.2, 0.25) is 0 Å². The van der Waals surface area contributed by atoms with Gasteiger partial charge in [-0.15, -0.1) is 0 Å². The van der Waals surface area contributed by atoms with Crippen molar-refractivity contribution in [3.8, 4) is 5.69 Å². The van der Waals surface area contributed by atoms with E-state index in [1.165, 1.54) is 17.9 Å². The number of hydrogen-bond donors (Lipinski definition) is 0. The molecule has 0 spiro atoms. The minimum Gasteiger partial charge on any atom is -0.469 e. The second-order valence-electron chi connectivity index (χ2n) is 8.17. The van der Waals surface area contributed by atoms with E-state index in [1.54, 1.807) is 16.5 Å². The highest BCUT2D eigenvalue weighted by Crippen LogP contribution is 2.19. The molecule has 1 aliphatic heterocycles.